The van der Waals surface area contributed by atoms with E-state index in [1.165, 1.54) is 0 Å². The molecule has 0 radical (unpaired) electrons. The molecule has 5 heteroatoms. The highest BCUT2D eigenvalue weighted by Crippen LogP contribution is 2.30. The van der Waals surface area contributed by atoms with Gasteiger partial charge in [0.15, 0.2) is 0 Å². The number of carbonyl (C=O) groups is 1. The molecule has 1 N–H and O–H groups in total. The first kappa shape index (κ1) is 12.0. The summed E-state index contributed by atoms with van der Waals surface area (Å²) in [7, 11) is 0. The van der Waals surface area contributed by atoms with Gasteiger partial charge in [-0.05, 0) is 26.2 Å². The molecule has 0 spiro atoms. The number of fused-ring (bicyclic) bond motifs is 1. The second-order valence-electron chi connectivity index (χ2n) is 3.50. The van der Waals surface area contributed by atoms with Crippen LogP contribution >= 0.6 is 12.4 Å². The van der Waals surface area contributed by atoms with Gasteiger partial charge in [0.05, 0.1) is 18.7 Å². The van der Waals surface area contributed by atoms with Crippen molar-refractivity contribution in [1.29, 1.82) is 0 Å². The summed E-state index contributed by atoms with van der Waals surface area (Å²) in [6, 6.07) is 0. The third kappa shape index (κ3) is 2.31. The molecule has 0 saturated heterocycles. The SMILES string of the molecule is CCOC(=O)C1CCCc2[nH]ncc21.Cl. The molecule has 2 rings (SSSR count). The summed E-state index contributed by atoms with van der Waals surface area (Å²) in [5.74, 6) is -0.215. The summed E-state index contributed by atoms with van der Waals surface area (Å²) >= 11 is 0. The molecule has 1 aliphatic rings. The van der Waals surface area contributed by atoms with Crippen LogP contribution < -0.4 is 0 Å². The van der Waals surface area contributed by atoms with Crippen molar-refractivity contribution in [1.82, 2.24) is 10.2 Å². The fraction of sp³-hybridized carbons (Fsp3) is 0.600. The van der Waals surface area contributed by atoms with Crippen molar-refractivity contribution in [2.24, 2.45) is 0 Å². The Labute approximate surface area is 94.8 Å². The van der Waals surface area contributed by atoms with Crippen LogP contribution in [0.5, 0.6) is 0 Å². The van der Waals surface area contributed by atoms with E-state index in [0.717, 1.165) is 30.5 Å². The number of rotatable bonds is 2. The maximum atomic E-state index is 11.6. The first-order chi connectivity index (χ1) is 6.83. The molecule has 1 aliphatic carbocycles. The van der Waals surface area contributed by atoms with E-state index in [9.17, 15) is 4.79 Å². The van der Waals surface area contributed by atoms with Gasteiger partial charge in [0, 0.05) is 11.3 Å². The summed E-state index contributed by atoms with van der Waals surface area (Å²) in [4.78, 5) is 11.6. The average Bonchev–Trinajstić information content (AvgIpc) is 2.65. The molecule has 1 unspecified atom stereocenters. The van der Waals surface area contributed by atoms with Gasteiger partial charge in [-0.3, -0.25) is 9.89 Å². The summed E-state index contributed by atoms with van der Waals surface area (Å²) in [5, 5.41) is 6.89. The van der Waals surface area contributed by atoms with Crippen LogP contribution in [-0.4, -0.2) is 22.8 Å². The molecule has 15 heavy (non-hydrogen) atoms. The third-order valence-corrected chi connectivity index (χ3v) is 2.62. The van der Waals surface area contributed by atoms with Crippen molar-refractivity contribution >= 4 is 18.4 Å². The normalized spacial score (nSPS) is 18.9. The highest BCUT2D eigenvalue weighted by Gasteiger charge is 2.28. The number of carbonyl (C=O) groups excluding carboxylic acids is 1. The number of hydrogen-bond acceptors (Lipinski definition) is 3. The van der Waals surface area contributed by atoms with Crippen molar-refractivity contribution in [3.05, 3.63) is 17.5 Å². The van der Waals surface area contributed by atoms with Gasteiger partial charge in [0.2, 0.25) is 0 Å². The average molecular weight is 231 g/mol. The highest BCUT2D eigenvalue weighted by atomic mass is 35.5. The maximum absolute atomic E-state index is 11.6. The van der Waals surface area contributed by atoms with Crippen LogP contribution in [0.4, 0.5) is 0 Å². The molecule has 1 atom stereocenters. The molecule has 1 aromatic heterocycles. The molecule has 1 aromatic rings. The Morgan fingerprint density at radius 2 is 2.53 bits per heavy atom. The number of aryl methyl sites for hydroxylation is 1. The standard InChI is InChI=1S/C10H14N2O2.ClH/c1-2-14-10(13)7-4-3-5-9-8(7)6-11-12-9;/h6-7H,2-5H2,1H3,(H,11,12);1H. The van der Waals surface area contributed by atoms with Crippen molar-refractivity contribution in [3.63, 3.8) is 0 Å². The molecule has 1 heterocycles. The Hall–Kier alpha value is -1.03. The summed E-state index contributed by atoms with van der Waals surface area (Å²) in [5.41, 5.74) is 2.11. The lowest BCUT2D eigenvalue weighted by Crippen LogP contribution is -2.20. The van der Waals surface area contributed by atoms with Gasteiger partial charge in [-0.1, -0.05) is 0 Å². The predicted octanol–water partition coefficient (Wildman–Crippen LogP) is 1.81. The van der Waals surface area contributed by atoms with Crippen LogP contribution in [0.25, 0.3) is 0 Å². The predicted molar refractivity (Wildman–Crippen MR) is 58.1 cm³/mol. The van der Waals surface area contributed by atoms with Gasteiger partial charge in [0.25, 0.3) is 0 Å². The Morgan fingerprint density at radius 1 is 1.73 bits per heavy atom. The quantitative estimate of drug-likeness (QED) is 0.789. The van der Waals surface area contributed by atoms with Crippen LogP contribution in [0.3, 0.4) is 0 Å². The smallest absolute Gasteiger partial charge is 0.313 e. The summed E-state index contributed by atoms with van der Waals surface area (Å²) in [6.07, 6.45) is 4.64. The number of ether oxygens (including phenoxy) is 1. The molecule has 0 saturated carbocycles. The number of nitrogens with one attached hydrogen (secondary N) is 1. The van der Waals surface area contributed by atoms with Crippen molar-refractivity contribution < 1.29 is 9.53 Å². The largest absolute Gasteiger partial charge is 0.466 e. The topological polar surface area (TPSA) is 55.0 Å². The van der Waals surface area contributed by atoms with Crippen LogP contribution in [0, 0.1) is 0 Å². The van der Waals surface area contributed by atoms with E-state index >= 15 is 0 Å². The zero-order chi connectivity index (χ0) is 9.97. The van der Waals surface area contributed by atoms with Crippen molar-refractivity contribution in [2.45, 2.75) is 32.1 Å². The van der Waals surface area contributed by atoms with Gasteiger partial charge in [0.1, 0.15) is 0 Å². The molecule has 0 aliphatic heterocycles. The number of nitrogens with zero attached hydrogens (tertiary/aromatic N) is 1. The van der Waals surface area contributed by atoms with Gasteiger partial charge in [-0.2, -0.15) is 5.10 Å². The van der Waals surface area contributed by atoms with E-state index < -0.39 is 0 Å². The fourth-order valence-corrected chi connectivity index (χ4v) is 1.95. The second-order valence-corrected chi connectivity index (χ2v) is 3.50. The lowest BCUT2D eigenvalue weighted by Gasteiger charge is -2.19. The Bertz CT molecular complexity index is 338. The van der Waals surface area contributed by atoms with E-state index in [1.54, 1.807) is 6.20 Å². The molecular weight excluding hydrogens is 216 g/mol. The lowest BCUT2D eigenvalue weighted by atomic mass is 9.87. The van der Waals surface area contributed by atoms with Crippen LogP contribution in [-0.2, 0) is 16.0 Å². The second kappa shape index (κ2) is 5.16. The third-order valence-electron chi connectivity index (χ3n) is 2.62. The minimum atomic E-state index is -0.116. The van der Waals surface area contributed by atoms with E-state index in [1.807, 2.05) is 6.92 Å². The monoisotopic (exact) mass is 230 g/mol. The Kier molecular flexibility index (Phi) is 4.15. The molecule has 4 nitrogen and oxygen atoms in total. The lowest BCUT2D eigenvalue weighted by molar-refractivity contribution is -0.145. The molecular formula is C10H15ClN2O2. The zero-order valence-corrected chi connectivity index (χ0v) is 9.47. The molecule has 84 valence electrons. The van der Waals surface area contributed by atoms with Crippen LogP contribution in [0.2, 0.25) is 0 Å². The maximum Gasteiger partial charge on any atom is 0.313 e. The minimum absolute atomic E-state index is 0. The van der Waals surface area contributed by atoms with Gasteiger partial charge < -0.3 is 4.74 Å². The van der Waals surface area contributed by atoms with E-state index in [-0.39, 0.29) is 24.3 Å². The van der Waals surface area contributed by atoms with Crippen LogP contribution in [0.15, 0.2) is 6.20 Å². The van der Waals surface area contributed by atoms with E-state index in [2.05, 4.69) is 10.2 Å². The van der Waals surface area contributed by atoms with Gasteiger partial charge in [-0.15, -0.1) is 12.4 Å². The van der Waals surface area contributed by atoms with Gasteiger partial charge in [-0.25, -0.2) is 0 Å². The fourth-order valence-electron chi connectivity index (χ4n) is 1.95. The molecule has 0 bridgehead atoms. The van der Waals surface area contributed by atoms with Crippen molar-refractivity contribution in [3.8, 4) is 0 Å². The Morgan fingerprint density at radius 3 is 3.27 bits per heavy atom. The zero-order valence-electron chi connectivity index (χ0n) is 8.66. The first-order valence-corrected chi connectivity index (χ1v) is 5.01. The molecule has 0 aromatic carbocycles. The molecule has 0 fully saturated rings. The Balaban J connectivity index is 0.00000112. The number of halogens is 1. The van der Waals surface area contributed by atoms with Crippen molar-refractivity contribution in [2.75, 3.05) is 6.61 Å². The van der Waals surface area contributed by atoms with Gasteiger partial charge >= 0.3 is 5.97 Å². The number of H-pyrrole nitrogens is 1. The van der Waals surface area contributed by atoms with E-state index in [4.69, 9.17) is 4.74 Å². The highest BCUT2D eigenvalue weighted by molar-refractivity contribution is 5.85. The summed E-state index contributed by atoms with van der Waals surface area (Å²) < 4.78 is 5.03. The number of aromatic nitrogens is 2. The minimum Gasteiger partial charge on any atom is -0.466 e. The van der Waals surface area contributed by atoms with E-state index in [0.29, 0.717) is 6.61 Å². The van der Waals surface area contributed by atoms with Crippen LogP contribution in [0.1, 0.15) is 36.9 Å². The summed E-state index contributed by atoms with van der Waals surface area (Å²) in [6.45, 7) is 2.28. The number of hydrogen-bond donors (Lipinski definition) is 1. The number of aromatic amines is 1. The first-order valence-electron chi connectivity index (χ1n) is 5.01. The molecule has 0 amide bonds. The number of esters is 1.